The minimum atomic E-state index is -1.66. The highest BCUT2D eigenvalue weighted by Gasteiger charge is 2.49. The molecule has 0 unspecified atom stereocenters. The van der Waals surface area contributed by atoms with Crippen LogP contribution in [0.5, 0.6) is 0 Å². The summed E-state index contributed by atoms with van der Waals surface area (Å²) >= 11 is 0. The maximum Gasteiger partial charge on any atom is 0.419 e. The lowest BCUT2D eigenvalue weighted by atomic mass is 9.77. The van der Waals surface area contributed by atoms with Crippen molar-refractivity contribution in [2.75, 3.05) is 14.2 Å². The number of benzene rings is 2. The van der Waals surface area contributed by atoms with E-state index in [1.54, 1.807) is 20.8 Å². The van der Waals surface area contributed by atoms with Crippen molar-refractivity contribution >= 4 is 28.9 Å². The second-order valence-electron chi connectivity index (χ2n) is 10.3. The molecule has 0 atom stereocenters. The van der Waals surface area contributed by atoms with Crippen molar-refractivity contribution in [3.63, 3.8) is 0 Å². The van der Waals surface area contributed by atoms with Crippen LogP contribution in [0.25, 0.3) is 22.2 Å². The third kappa shape index (κ3) is 5.77. The number of methoxy groups -OCH3 is 2. The lowest BCUT2D eigenvalue weighted by Crippen LogP contribution is -2.43. The summed E-state index contributed by atoms with van der Waals surface area (Å²) in [6.07, 6.45) is 1.30. The third-order valence-corrected chi connectivity index (χ3v) is 6.09. The predicted octanol–water partition coefficient (Wildman–Crippen LogP) is 6.32. The van der Waals surface area contributed by atoms with Crippen LogP contribution in [0.2, 0.25) is 0 Å². The summed E-state index contributed by atoms with van der Waals surface area (Å²) in [7, 11) is 2.51. The van der Waals surface area contributed by atoms with Crippen LogP contribution < -0.4 is 0 Å². The van der Waals surface area contributed by atoms with Gasteiger partial charge in [-0.05, 0) is 58.2 Å². The Bertz CT molecular complexity index is 1310. The average Bonchev–Trinajstić information content (AvgIpc) is 3.19. The number of nitrogens with zero attached hydrogens (tertiary/aromatic N) is 1. The Morgan fingerprint density at radius 3 is 1.97 bits per heavy atom. The number of esters is 2. The number of carbonyl (C=O) groups is 3. The first-order chi connectivity index (χ1) is 17.4. The molecule has 0 amide bonds. The first-order valence-corrected chi connectivity index (χ1v) is 12.2. The molecule has 7 nitrogen and oxygen atoms in total. The molecule has 0 aliphatic rings. The van der Waals surface area contributed by atoms with Gasteiger partial charge in [-0.2, -0.15) is 0 Å². The number of carbonyl (C=O) groups excluding carboxylic acids is 3. The molecule has 196 valence electrons. The topological polar surface area (TPSA) is 83.8 Å². The van der Waals surface area contributed by atoms with Gasteiger partial charge in [-0.3, -0.25) is 9.59 Å². The van der Waals surface area contributed by atoms with Gasteiger partial charge in [0.1, 0.15) is 5.60 Å². The molecule has 1 aromatic heterocycles. The fourth-order valence-corrected chi connectivity index (χ4v) is 4.42. The van der Waals surface area contributed by atoms with Gasteiger partial charge in [0.05, 0.1) is 25.4 Å². The van der Waals surface area contributed by atoms with Crippen molar-refractivity contribution in [1.29, 1.82) is 0 Å². The monoisotopic (exact) mass is 505 g/mol. The summed E-state index contributed by atoms with van der Waals surface area (Å²) in [5.41, 5.74) is 1.09. The van der Waals surface area contributed by atoms with Gasteiger partial charge in [0, 0.05) is 11.8 Å². The van der Waals surface area contributed by atoms with E-state index in [1.165, 1.54) is 18.8 Å². The first kappa shape index (κ1) is 27.7. The molecule has 0 spiro atoms. The molecule has 0 bridgehead atoms. The van der Waals surface area contributed by atoms with E-state index in [9.17, 15) is 14.4 Å². The summed E-state index contributed by atoms with van der Waals surface area (Å²) in [6.45, 7) is 9.20. The second-order valence-corrected chi connectivity index (χ2v) is 10.3. The van der Waals surface area contributed by atoms with Crippen LogP contribution in [-0.4, -0.2) is 42.4 Å². The van der Waals surface area contributed by atoms with Gasteiger partial charge in [0.2, 0.25) is 0 Å². The van der Waals surface area contributed by atoms with E-state index >= 15 is 0 Å². The smallest absolute Gasteiger partial charge is 0.419 e. The van der Waals surface area contributed by atoms with Crippen LogP contribution >= 0.6 is 0 Å². The normalized spacial score (nSPS) is 11.6. The van der Waals surface area contributed by atoms with Gasteiger partial charge < -0.3 is 14.2 Å². The zero-order valence-electron chi connectivity index (χ0n) is 22.6. The predicted molar refractivity (Wildman–Crippen MR) is 143 cm³/mol. The number of ether oxygens (including phenoxy) is 3. The molecule has 0 saturated heterocycles. The molecule has 0 aliphatic heterocycles. The van der Waals surface area contributed by atoms with E-state index < -0.39 is 29.0 Å². The van der Waals surface area contributed by atoms with E-state index in [-0.39, 0.29) is 12.8 Å². The van der Waals surface area contributed by atoms with E-state index in [4.69, 9.17) is 14.2 Å². The number of aromatic nitrogens is 1. The Balaban J connectivity index is 2.41. The standard InChI is InChI=1S/C30H35NO6/c1-20(2)17-18-30(26(32)35-6,27(33)36-7)19-23-22-15-11-12-16-24(22)31(28(34)37-29(3,4)5)25(23)21-13-9-8-10-14-21/h8-17H,18-19H2,1-7H3. The highest BCUT2D eigenvalue weighted by Crippen LogP contribution is 2.41. The molecule has 0 radical (unpaired) electrons. The van der Waals surface area contributed by atoms with Crippen LogP contribution in [-0.2, 0) is 30.2 Å². The number of fused-ring (bicyclic) bond motifs is 1. The Labute approximate surface area is 218 Å². The van der Waals surface area contributed by atoms with Gasteiger partial charge in [0.15, 0.2) is 5.41 Å². The van der Waals surface area contributed by atoms with E-state index in [0.29, 0.717) is 16.8 Å². The summed E-state index contributed by atoms with van der Waals surface area (Å²) < 4.78 is 17.6. The van der Waals surface area contributed by atoms with E-state index in [1.807, 2.05) is 74.5 Å². The quantitative estimate of drug-likeness (QED) is 0.162. The van der Waals surface area contributed by atoms with E-state index in [2.05, 4.69) is 0 Å². The summed E-state index contributed by atoms with van der Waals surface area (Å²) in [6, 6.07) is 16.8. The van der Waals surface area contributed by atoms with Gasteiger partial charge in [-0.15, -0.1) is 0 Å². The van der Waals surface area contributed by atoms with Crippen LogP contribution in [0.4, 0.5) is 4.79 Å². The van der Waals surface area contributed by atoms with Crippen molar-refractivity contribution in [2.45, 2.75) is 53.1 Å². The van der Waals surface area contributed by atoms with Crippen LogP contribution in [0, 0.1) is 5.41 Å². The van der Waals surface area contributed by atoms with Crippen LogP contribution in [0.1, 0.15) is 46.6 Å². The maximum atomic E-state index is 13.6. The molecule has 37 heavy (non-hydrogen) atoms. The lowest BCUT2D eigenvalue weighted by molar-refractivity contribution is -0.168. The fraction of sp³-hybridized carbons (Fsp3) is 0.367. The van der Waals surface area contributed by atoms with Crippen molar-refractivity contribution in [2.24, 2.45) is 5.41 Å². The summed E-state index contributed by atoms with van der Waals surface area (Å²) in [5, 5.41) is 0.724. The second kappa shape index (κ2) is 11.0. The average molecular weight is 506 g/mol. The van der Waals surface area contributed by atoms with Gasteiger partial charge in [0.25, 0.3) is 0 Å². The molecule has 0 aliphatic carbocycles. The van der Waals surface area contributed by atoms with Crippen molar-refractivity contribution < 1.29 is 28.6 Å². The molecule has 0 N–H and O–H groups in total. The number of hydrogen-bond acceptors (Lipinski definition) is 6. The molecule has 0 fully saturated rings. The number of hydrogen-bond donors (Lipinski definition) is 0. The minimum absolute atomic E-state index is 0.0450. The highest BCUT2D eigenvalue weighted by molar-refractivity contribution is 6.04. The molecule has 3 aromatic rings. The minimum Gasteiger partial charge on any atom is -0.468 e. The lowest BCUT2D eigenvalue weighted by Gasteiger charge is -2.28. The van der Waals surface area contributed by atoms with Crippen LogP contribution in [0.3, 0.4) is 0 Å². The van der Waals surface area contributed by atoms with Crippen molar-refractivity contribution in [1.82, 2.24) is 4.57 Å². The van der Waals surface area contributed by atoms with Crippen molar-refractivity contribution in [3.8, 4) is 11.3 Å². The zero-order chi connectivity index (χ0) is 27.4. The SMILES string of the molecule is COC(=O)C(CC=C(C)C)(Cc1c(-c2ccccc2)n(C(=O)OC(C)(C)C)c2ccccc12)C(=O)OC. The number of para-hydroxylation sites is 1. The molecule has 1 heterocycles. The van der Waals surface area contributed by atoms with Crippen LogP contribution in [0.15, 0.2) is 66.2 Å². The van der Waals surface area contributed by atoms with Gasteiger partial charge >= 0.3 is 18.0 Å². The Kier molecular flexibility index (Phi) is 8.26. The Hall–Kier alpha value is -3.87. The molecule has 3 rings (SSSR count). The summed E-state index contributed by atoms with van der Waals surface area (Å²) in [5.74, 6) is -1.41. The molecule has 2 aromatic carbocycles. The highest BCUT2D eigenvalue weighted by atomic mass is 16.6. The van der Waals surface area contributed by atoms with E-state index in [0.717, 1.165) is 16.5 Å². The third-order valence-electron chi connectivity index (χ3n) is 6.09. The Morgan fingerprint density at radius 1 is 0.865 bits per heavy atom. The van der Waals surface area contributed by atoms with Crippen molar-refractivity contribution in [3.05, 3.63) is 71.8 Å². The fourth-order valence-electron chi connectivity index (χ4n) is 4.42. The molecule has 7 heteroatoms. The van der Waals surface area contributed by atoms with Gasteiger partial charge in [-0.1, -0.05) is 60.2 Å². The Morgan fingerprint density at radius 2 is 1.43 bits per heavy atom. The molecular weight excluding hydrogens is 470 g/mol. The first-order valence-electron chi connectivity index (χ1n) is 12.2. The number of allylic oxidation sites excluding steroid dienone is 2. The molecular formula is C30H35NO6. The maximum absolute atomic E-state index is 13.6. The zero-order valence-corrected chi connectivity index (χ0v) is 22.6. The van der Waals surface area contributed by atoms with Gasteiger partial charge in [-0.25, -0.2) is 9.36 Å². The summed E-state index contributed by atoms with van der Waals surface area (Å²) in [4.78, 5) is 40.2. The largest absolute Gasteiger partial charge is 0.468 e. The number of rotatable bonds is 7. The molecule has 0 saturated carbocycles.